The Morgan fingerprint density at radius 2 is 2.25 bits per heavy atom. The van der Waals surface area contributed by atoms with E-state index in [2.05, 4.69) is 0 Å². The van der Waals surface area contributed by atoms with E-state index in [4.69, 9.17) is 14.6 Å². The predicted molar refractivity (Wildman–Crippen MR) is 57.9 cm³/mol. The highest BCUT2D eigenvalue weighted by Crippen LogP contribution is 2.37. The number of carbonyl (C=O) groups is 1. The van der Waals surface area contributed by atoms with Gasteiger partial charge in [-0.05, 0) is 37.0 Å². The van der Waals surface area contributed by atoms with E-state index in [9.17, 15) is 4.79 Å². The van der Waals surface area contributed by atoms with E-state index >= 15 is 0 Å². The van der Waals surface area contributed by atoms with Gasteiger partial charge in [0, 0.05) is 6.42 Å². The molecular weight excluding hydrogens is 208 g/mol. The lowest BCUT2D eigenvalue weighted by atomic mass is 10.0. The number of benzene rings is 1. The molecule has 1 aromatic rings. The molecule has 0 atom stereocenters. The van der Waals surface area contributed by atoms with Crippen LogP contribution in [0.4, 0.5) is 0 Å². The number of aryl methyl sites for hydroxylation is 2. The van der Waals surface area contributed by atoms with Crippen LogP contribution >= 0.6 is 0 Å². The molecule has 86 valence electrons. The zero-order valence-corrected chi connectivity index (χ0v) is 9.16. The number of carboxylic acid groups (broad SMARTS) is 1. The van der Waals surface area contributed by atoms with Crippen molar-refractivity contribution in [1.82, 2.24) is 0 Å². The summed E-state index contributed by atoms with van der Waals surface area (Å²) in [5.74, 6) is 0.780. The van der Waals surface area contributed by atoms with Crippen molar-refractivity contribution in [3.63, 3.8) is 0 Å². The van der Waals surface area contributed by atoms with E-state index in [0.29, 0.717) is 12.8 Å². The van der Waals surface area contributed by atoms with Crippen molar-refractivity contribution >= 4 is 5.97 Å². The second-order valence-corrected chi connectivity index (χ2v) is 3.91. The van der Waals surface area contributed by atoms with Gasteiger partial charge in [-0.3, -0.25) is 4.79 Å². The molecular formula is C12H14O4. The maximum absolute atomic E-state index is 10.4. The van der Waals surface area contributed by atoms with Crippen molar-refractivity contribution in [1.29, 1.82) is 0 Å². The first-order valence-electron chi connectivity index (χ1n) is 5.28. The SMILES string of the molecule is Cc1cc(CCCC(=O)O)c2c(c1)OCO2. The average molecular weight is 222 g/mol. The standard InChI is InChI=1S/C12H14O4/c1-8-5-9(3-2-4-11(13)14)12-10(6-8)15-7-16-12/h5-6H,2-4,7H2,1H3,(H,13,14). The highest BCUT2D eigenvalue weighted by molar-refractivity contribution is 5.66. The summed E-state index contributed by atoms with van der Waals surface area (Å²) in [5, 5.41) is 8.58. The minimum atomic E-state index is -0.763. The Morgan fingerprint density at radius 1 is 1.44 bits per heavy atom. The number of hydrogen-bond donors (Lipinski definition) is 1. The van der Waals surface area contributed by atoms with Crippen LogP contribution in [0.5, 0.6) is 11.5 Å². The zero-order chi connectivity index (χ0) is 11.5. The van der Waals surface area contributed by atoms with Gasteiger partial charge in [-0.25, -0.2) is 0 Å². The van der Waals surface area contributed by atoms with Crippen LogP contribution in [0.1, 0.15) is 24.0 Å². The molecule has 0 fully saturated rings. The molecule has 0 unspecified atom stereocenters. The van der Waals surface area contributed by atoms with Crippen LogP contribution in [0, 0.1) is 6.92 Å². The first-order valence-corrected chi connectivity index (χ1v) is 5.28. The summed E-state index contributed by atoms with van der Waals surface area (Å²) in [6.45, 7) is 2.24. The van der Waals surface area contributed by atoms with Gasteiger partial charge in [0.25, 0.3) is 0 Å². The molecule has 4 heteroatoms. The number of ether oxygens (including phenoxy) is 2. The molecule has 0 amide bonds. The molecule has 1 aliphatic rings. The Labute approximate surface area is 93.8 Å². The van der Waals surface area contributed by atoms with Crippen LogP contribution in [-0.2, 0) is 11.2 Å². The topological polar surface area (TPSA) is 55.8 Å². The number of fused-ring (bicyclic) bond motifs is 1. The Kier molecular flexibility index (Phi) is 2.99. The van der Waals surface area contributed by atoms with Gasteiger partial charge in [-0.1, -0.05) is 6.07 Å². The molecule has 1 heterocycles. The van der Waals surface area contributed by atoms with Crippen molar-refractivity contribution in [2.45, 2.75) is 26.2 Å². The Hall–Kier alpha value is -1.71. The molecule has 0 saturated carbocycles. The average Bonchev–Trinajstić information content (AvgIpc) is 2.64. The van der Waals surface area contributed by atoms with Crippen LogP contribution in [0.3, 0.4) is 0 Å². The van der Waals surface area contributed by atoms with E-state index in [1.54, 1.807) is 0 Å². The Balaban J connectivity index is 2.11. The van der Waals surface area contributed by atoms with E-state index < -0.39 is 5.97 Å². The summed E-state index contributed by atoms with van der Waals surface area (Å²) < 4.78 is 10.7. The number of rotatable bonds is 4. The predicted octanol–water partition coefficient (Wildman–Crippen LogP) is 2.13. The third-order valence-corrected chi connectivity index (χ3v) is 2.53. The fourth-order valence-electron chi connectivity index (χ4n) is 1.85. The highest BCUT2D eigenvalue weighted by atomic mass is 16.7. The number of hydrogen-bond acceptors (Lipinski definition) is 3. The third kappa shape index (κ3) is 2.27. The van der Waals surface area contributed by atoms with E-state index in [1.165, 1.54) is 0 Å². The molecule has 2 rings (SSSR count). The summed E-state index contributed by atoms with van der Waals surface area (Å²) >= 11 is 0. The second kappa shape index (κ2) is 4.43. The molecule has 0 radical (unpaired) electrons. The van der Waals surface area contributed by atoms with Crippen molar-refractivity contribution in [2.75, 3.05) is 6.79 Å². The monoisotopic (exact) mass is 222 g/mol. The molecule has 0 aromatic heterocycles. The molecule has 1 N–H and O–H groups in total. The molecule has 1 aromatic carbocycles. The lowest BCUT2D eigenvalue weighted by molar-refractivity contribution is -0.137. The summed E-state index contributed by atoms with van der Waals surface area (Å²) in [7, 11) is 0. The van der Waals surface area contributed by atoms with Crippen LogP contribution in [0.25, 0.3) is 0 Å². The van der Waals surface area contributed by atoms with Gasteiger partial charge in [-0.15, -0.1) is 0 Å². The third-order valence-electron chi connectivity index (χ3n) is 2.53. The normalized spacial score (nSPS) is 12.8. The van der Waals surface area contributed by atoms with Crippen molar-refractivity contribution in [3.05, 3.63) is 23.3 Å². The first-order chi connectivity index (χ1) is 7.66. The van der Waals surface area contributed by atoms with Gasteiger partial charge in [0.15, 0.2) is 11.5 Å². The van der Waals surface area contributed by atoms with E-state index in [-0.39, 0.29) is 13.2 Å². The van der Waals surface area contributed by atoms with Crippen LogP contribution in [0.2, 0.25) is 0 Å². The lowest BCUT2D eigenvalue weighted by Crippen LogP contribution is -1.98. The van der Waals surface area contributed by atoms with E-state index in [1.807, 2.05) is 19.1 Å². The molecule has 0 aliphatic carbocycles. The van der Waals surface area contributed by atoms with Gasteiger partial charge in [0.2, 0.25) is 6.79 Å². The molecule has 16 heavy (non-hydrogen) atoms. The lowest BCUT2D eigenvalue weighted by Gasteiger charge is -2.06. The smallest absolute Gasteiger partial charge is 0.303 e. The maximum atomic E-state index is 10.4. The minimum Gasteiger partial charge on any atom is -0.481 e. The fourth-order valence-corrected chi connectivity index (χ4v) is 1.85. The van der Waals surface area contributed by atoms with Crippen molar-refractivity contribution in [2.24, 2.45) is 0 Å². The number of carboxylic acids is 1. The van der Waals surface area contributed by atoms with Gasteiger partial charge < -0.3 is 14.6 Å². The highest BCUT2D eigenvalue weighted by Gasteiger charge is 2.18. The second-order valence-electron chi connectivity index (χ2n) is 3.91. The largest absolute Gasteiger partial charge is 0.481 e. The van der Waals surface area contributed by atoms with Gasteiger partial charge in [0.05, 0.1) is 0 Å². The first kappa shape index (κ1) is 10.8. The van der Waals surface area contributed by atoms with Gasteiger partial charge in [0.1, 0.15) is 0 Å². The van der Waals surface area contributed by atoms with E-state index in [0.717, 1.165) is 22.6 Å². The Bertz CT molecular complexity index is 412. The summed E-state index contributed by atoms with van der Waals surface area (Å²) in [6.07, 6.45) is 1.51. The zero-order valence-electron chi connectivity index (χ0n) is 9.16. The van der Waals surface area contributed by atoms with Gasteiger partial charge in [-0.2, -0.15) is 0 Å². The number of aliphatic carboxylic acids is 1. The molecule has 4 nitrogen and oxygen atoms in total. The maximum Gasteiger partial charge on any atom is 0.303 e. The van der Waals surface area contributed by atoms with Gasteiger partial charge >= 0.3 is 5.97 Å². The van der Waals surface area contributed by atoms with Crippen LogP contribution in [0.15, 0.2) is 12.1 Å². The van der Waals surface area contributed by atoms with Crippen molar-refractivity contribution in [3.8, 4) is 11.5 Å². The summed E-state index contributed by atoms with van der Waals surface area (Å²) in [6, 6.07) is 3.96. The van der Waals surface area contributed by atoms with Crippen LogP contribution < -0.4 is 9.47 Å². The minimum absolute atomic E-state index is 0.184. The summed E-state index contributed by atoms with van der Waals surface area (Å²) in [5.41, 5.74) is 2.14. The van der Waals surface area contributed by atoms with Crippen molar-refractivity contribution < 1.29 is 19.4 Å². The summed E-state index contributed by atoms with van der Waals surface area (Å²) in [4.78, 5) is 10.4. The molecule has 1 aliphatic heterocycles. The quantitative estimate of drug-likeness (QED) is 0.847. The van der Waals surface area contributed by atoms with Crippen LogP contribution in [-0.4, -0.2) is 17.9 Å². The molecule has 0 saturated heterocycles. The molecule has 0 bridgehead atoms. The molecule has 0 spiro atoms. The fraction of sp³-hybridized carbons (Fsp3) is 0.417. The Morgan fingerprint density at radius 3 is 3.00 bits per heavy atom.